The lowest BCUT2D eigenvalue weighted by molar-refractivity contribution is -0.150. The number of hydrogen-bond donors (Lipinski definition) is 2. The fourth-order valence-corrected chi connectivity index (χ4v) is 4.13. The minimum Gasteiger partial charge on any atom is -0.453 e. The maximum Gasteiger partial charge on any atom is 0.326 e. The molecule has 1 unspecified atom stereocenters. The van der Waals surface area contributed by atoms with E-state index in [-0.39, 0.29) is 5.91 Å². The Kier molecular flexibility index (Phi) is 7.27. The first-order valence-corrected chi connectivity index (χ1v) is 11.0. The van der Waals surface area contributed by atoms with Crippen molar-refractivity contribution in [3.8, 4) is 0 Å². The van der Waals surface area contributed by atoms with Crippen LogP contribution in [0.1, 0.15) is 69.2 Å². The van der Waals surface area contributed by atoms with Crippen molar-refractivity contribution in [1.82, 2.24) is 10.2 Å². The summed E-state index contributed by atoms with van der Waals surface area (Å²) in [6, 6.07) is 5.68. The Morgan fingerprint density at radius 3 is 2.41 bits per heavy atom. The normalized spacial score (nSPS) is 18.2. The number of rotatable bonds is 8. The van der Waals surface area contributed by atoms with Gasteiger partial charge < -0.3 is 15.4 Å². The fraction of sp³-hybridized carbons (Fsp3) is 0.522. The van der Waals surface area contributed by atoms with Gasteiger partial charge in [0.05, 0.1) is 0 Å². The number of Topliss-reactive ketones (excluding diaryl/α,β-unsaturated/α-hetero) is 1. The van der Waals surface area contributed by atoms with Crippen molar-refractivity contribution >= 4 is 35.3 Å². The molecule has 1 saturated carbocycles. The van der Waals surface area contributed by atoms with Crippen molar-refractivity contribution in [2.75, 3.05) is 11.9 Å². The van der Waals surface area contributed by atoms with Crippen LogP contribution in [-0.4, -0.2) is 52.7 Å². The lowest BCUT2D eigenvalue weighted by atomic mass is 9.82. The second kappa shape index (κ2) is 9.93. The third kappa shape index (κ3) is 5.15. The van der Waals surface area contributed by atoms with Crippen LogP contribution in [-0.2, 0) is 19.1 Å². The number of ether oxygens (including phenoxy) is 1. The van der Waals surface area contributed by atoms with Crippen LogP contribution < -0.4 is 10.6 Å². The first-order valence-electron chi connectivity index (χ1n) is 11.0. The molecule has 2 aliphatic rings. The molecule has 2 N–H and O–H groups in total. The van der Waals surface area contributed by atoms with E-state index < -0.39 is 41.9 Å². The van der Waals surface area contributed by atoms with Crippen molar-refractivity contribution in [3.05, 3.63) is 29.8 Å². The number of ketones is 1. The highest BCUT2D eigenvalue weighted by molar-refractivity contribution is 6.09. The number of amides is 4. The number of nitrogens with zero attached hydrogens (tertiary/aromatic N) is 1. The molecule has 1 heterocycles. The highest BCUT2D eigenvalue weighted by Crippen LogP contribution is 2.33. The average molecular weight is 444 g/mol. The lowest BCUT2D eigenvalue weighted by Gasteiger charge is -2.30. The summed E-state index contributed by atoms with van der Waals surface area (Å²) in [5.74, 6) is -1.76. The van der Waals surface area contributed by atoms with Crippen molar-refractivity contribution < 1.29 is 28.7 Å². The molecule has 1 aliphatic carbocycles. The topological polar surface area (TPSA) is 122 Å². The molecule has 9 nitrogen and oxygen atoms in total. The Morgan fingerprint density at radius 1 is 1.12 bits per heavy atom. The van der Waals surface area contributed by atoms with Gasteiger partial charge in [0.25, 0.3) is 5.91 Å². The molecule has 1 aromatic rings. The van der Waals surface area contributed by atoms with Crippen LogP contribution in [0, 0.1) is 0 Å². The first kappa shape index (κ1) is 23.4. The zero-order chi connectivity index (χ0) is 23.3. The summed E-state index contributed by atoms with van der Waals surface area (Å²) < 4.78 is 5.20. The summed E-state index contributed by atoms with van der Waals surface area (Å²) in [6.45, 7) is 2.81. The zero-order valence-corrected chi connectivity index (χ0v) is 18.4. The third-order valence-corrected chi connectivity index (χ3v) is 5.85. The van der Waals surface area contributed by atoms with Gasteiger partial charge in [0, 0.05) is 17.7 Å². The van der Waals surface area contributed by atoms with E-state index in [2.05, 4.69) is 10.6 Å². The van der Waals surface area contributed by atoms with Gasteiger partial charge in [-0.3, -0.25) is 24.1 Å². The summed E-state index contributed by atoms with van der Waals surface area (Å²) in [7, 11) is 0. The fourth-order valence-electron chi connectivity index (χ4n) is 4.13. The van der Waals surface area contributed by atoms with Gasteiger partial charge in [-0.2, -0.15) is 0 Å². The largest absolute Gasteiger partial charge is 0.453 e. The van der Waals surface area contributed by atoms with E-state index >= 15 is 0 Å². The molecule has 9 heteroatoms. The van der Waals surface area contributed by atoms with Crippen molar-refractivity contribution in [2.24, 2.45) is 0 Å². The number of nitrogens with one attached hydrogen (secondary N) is 2. The average Bonchev–Trinajstić information content (AvgIpc) is 2.98. The molecule has 0 radical (unpaired) electrons. The standard InChI is InChI=1S/C23H29N3O6/c1-3-7-18(27)24-17-10-8-16(9-11-17)20(29)15(2)32-19(28)14-26-21(30)23(25-22(26)31)12-5-4-6-13-23/h8-11,15H,3-7,12-14H2,1-2H3,(H,24,27)(H,25,31). The number of benzene rings is 1. The molecule has 172 valence electrons. The minimum absolute atomic E-state index is 0.107. The van der Waals surface area contributed by atoms with E-state index in [4.69, 9.17) is 4.74 Å². The number of imide groups is 1. The monoisotopic (exact) mass is 443 g/mol. The van der Waals surface area contributed by atoms with Gasteiger partial charge >= 0.3 is 12.0 Å². The van der Waals surface area contributed by atoms with Gasteiger partial charge in [-0.1, -0.05) is 26.2 Å². The second-order valence-electron chi connectivity index (χ2n) is 8.34. The van der Waals surface area contributed by atoms with Gasteiger partial charge in [-0.25, -0.2) is 4.79 Å². The van der Waals surface area contributed by atoms with Crippen LogP contribution in [0.25, 0.3) is 0 Å². The van der Waals surface area contributed by atoms with Gasteiger partial charge in [0.2, 0.25) is 11.7 Å². The van der Waals surface area contributed by atoms with Crippen molar-refractivity contribution in [2.45, 2.75) is 70.4 Å². The van der Waals surface area contributed by atoms with E-state index in [1.165, 1.54) is 6.92 Å². The summed E-state index contributed by atoms with van der Waals surface area (Å²) in [5, 5.41) is 5.47. The van der Waals surface area contributed by atoms with Crippen LogP contribution in [0.5, 0.6) is 0 Å². The summed E-state index contributed by atoms with van der Waals surface area (Å²) in [6.07, 6.45) is 3.88. The molecule has 0 bridgehead atoms. The Morgan fingerprint density at radius 2 is 1.78 bits per heavy atom. The zero-order valence-electron chi connectivity index (χ0n) is 18.4. The molecule has 3 rings (SSSR count). The summed E-state index contributed by atoms with van der Waals surface area (Å²) in [5.41, 5.74) is -0.0273. The van der Waals surface area contributed by atoms with E-state index in [1.54, 1.807) is 24.3 Å². The predicted octanol–water partition coefficient (Wildman–Crippen LogP) is 2.79. The Balaban J connectivity index is 1.55. The molecule has 1 aliphatic heterocycles. The molecule has 1 atom stereocenters. The first-order chi connectivity index (χ1) is 15.3. The molecule has 2 fully saturated rings. The molecule has 1 spiro atoms. The summed E-state index contributed by atoms with van der Waals surface area (Å²) in [4.78, 5) is 62.5. The number of carbonyl (C=O) groups excluding carboxylic acids is 5. The second-order valence-corrected chi connectivity index (χ2v) is 8.34. The van der Waals surface area contributed by atoms with Crippen LogP contribution in [0.15, 0.2) is 24.3 Å². The number of anilines is 1. The van der Waals surface area contributed by atoms with Crippen LogP contribution in [0.4, 0.5) is 10.5 Å². The molecule has 4 amide bonds. The third-order valence-electron chi connectivity index (χ3n) is 5.85. The smallest absolute Gasteiger partial charge is 0.326 e. The molecule has 1 aromatic carbocycles. The quantitative estimate of drug-likeness (QED) is 0.362. The van der Waals surface area contributed by atoms with Gasteiger partial charge in [-0.05, 0) is 50.5 Å². The Hall–Kier alpha value is -3.23. The number of urea groups is 1. The molecular formula is C23H29N3O6. The SMILES string of the molecule is CCCC(=O)Nc1ccc(C(=O)C(C)OC(=O)CN2C(=O)NC3(CCCCC3)C2=O)cc1. The van der Waals surface area contributed by atoms with Gasteiger partial charge in [0.15, 0.2) is 6.10 Å². The molecule has 32 heavy (non-hydrogen) atoms. The van der Waals surface area contributed by atoms with Crippen molar-refractivity contribution in [3.63, 3.8) is 0 Å². The lowest BCUT2D eigenvalue weighted by Crippen LogP contribution is -2.48. The van der Waals surface area contributed by atoms with E-state index in [1.807, 2.05) is 6.92 Å². The Bertz CT molecular complexity index is 905. The van der Waals surface area contributed by atoms with Gasteiger partial charge in [-0.15, -0.1) is 0 Å². The van der Waals surface area contributed by atoms with E-state index in [9.17, 15) is 24.0 Å². The highest BCUT2D eigenvalue weighted by atomic mass is 16.5. The number of carbonyl (C=O) groups is 5. The summed E-state index contributed by atoms with van der Waals surface area (Å²) >= 11 is 0. The number of esters is 1. The number of hydrogen-bond acceptors (Lipinski definition) is 6. The minimum atomic E-state index is -1.09. The maximum absolute atomic E-state index is 12.8. The van der Waals surface area contributed by atoms with Crippen LogP contribution in [0.3, 0.4) is 0 Å². The maximum atomic E-state index is 12.8. The molecular weight excluding hydrogens is 414 g/mol. The van der Waals surface area contributed by atoms with Crippen LogP contribution >= 0.6 is 0 Å². The molecule has 0 aromatic heterocycles. The van der Waals surface area contributed by atoms with E-state index in [0.29, 0.717) is 30.5 Å². The van der Waals surface area contributed by atoms with Crippen LogP contribution in [0.2, 0.25) is 0 Å². The Labute approximate surface area is 186 Å². The van der Waals surface area contributed by atoms with Crippen molar-refractivity contribution in [1.29, 1.82) is 0 Å². The predicted molar refractivity (Wildman–Crippen MR) is 116 cm³/mol. The highest BCUT2D eigenvalue weighted by Gasteiger charge is 2.51. The van der Waals surface area contributed by atoms with E-state index in [0.717, 1.165) is 30.6 Å². The van der Waals surface area contributed by atoms with Gasteiger partial charge in [0.1, 0.15) is 12.1 Å². The molecule has 1 saturated heterocycles.